The van der Waals surface area contributed by atoms with Crippen LogP contribution in [0.5, 0.6) is 0 Å². The molecule has 6 nitrogen and oxygen atoms in total. The lowest BCUT2D eigenvalue weighted by molar-refractivity contribution is 1.08. The third-order valence-electron chi connectivity index (χ3n) is 12.3. The van der Waals surface area contributed by atoms with Gasteiger partial charge in [-0.3, -0.25) is 0 Å². The maximum atomic E-state index is 5.36. The highest BCUT2D eigenvalue weighted by Crippen LogP contribution is 2.40. The Labute approximate surface area is 365 Å². The fraction of sp³-hybridized carbons (Fsp3) is 0. The van der Waals surface area contributed by atoms with Crippen LogP contribution in [-0.2, 0) is 0 Å². The second kappa shape index (κ2) is 14.2. The van der Waals surface area contributed by atoms with Crippen LogP contribution in [0.2, 0.25) is 0 Å². The van der Waals surface area contributed by atoms with E-state index in [0.717, 1.165) is 104 Å². The number of benzene rings is 10. The van der Waals surface area contributed by atoms with E-state index in [1.165, 1.54) is 22.5 Å². The van der Waals surface area contributed by atoms with E-state index < -0.39 is 0 Å². The molecule has 0 N–H and O–H groups in total. The molecule has 0 saturated heterocycles. The molecule has 0 aliphatic heterocycles. The van der Waals surface area contributed by atoms with Crippen LogP contribution in [0.1, 0.15) is 0 Å². The fourth-order valence-electron chi connectivity index (χ4n) is 9.40. The molecule has 0 spiro atoms. The molecule has 3 heterocycles. The predicted octanol–water partition coefficient (Wildman–Crippen LogP) is 14.5. The highest BCUT2D eigenvalue weighted by Gasteiger charge is 2.20. The Bertz CT molecular complexity index is 3850. The molecule has 0 saturated carbocycles. The summed E-state index contributed by atoms with van der Waals surface area (Å²) >= 11 is 1.24. The number of rotatable bonds is 5. The summed E-state index contributed by atoms with van der Waals surface area (Å²) in [6.07, 6.45) is 0. The molecule has 0 fully saturated rings. The van der Waals surface area contributed by atoms with Crippen molar-refractivity contribution >= 4 is 87.5 Å². The van der Waals surface area contributed by atoms with Crippen LogP contribution in [0.3, 0.4) is 0 Å². The van der Waals surface area contributed by atoms with Crippen molar-refractivity contribution in [1.29, 1.82) is 0 Å². The first-order valence-corrected chi connectivity index (χ1v) is 21.7. The van der Waals surface area contributed by atoms with E-state index in [1.54, 1.807) is 0 Å². The highest BCUT2D eigenvalue weighted by molar-refractivity contribution is 7.00. The van der Waals surface area contributed by atoms with E-state index >= 15 is 0 Å². The Hall–Kier alpha value is -8.26. The molecule has 13 rings (SSSR count). The van der Waals surface area contributed by atoms with Gasteiger partial charge in [0.05, 0.1) is 22.9 Å². The number of hydrogen-bond donors (Lipinski definition) is 0. The molecule has 0 unspecified atom stereocenters. The summed E-state index contributed by atoms with van der Waals surface area (Å²) in [5.74, 6) is 1.84. The van der Waals surface area contributed by atoms with Gasteiger partial charge in [0.1, 0.15) is 11.0 Å². The van der Waals surface area contributed by atoms with E-state index in [0.29, 0.717) is 17.5 Å². The highest BCUT2D eigenvalue weighted by atomic mass is 32.1. The Kier molecular flexibility index (Phi) is 7.98. The van der Waals surface area contributed by atoms with Crippen molar-refractivity contribution < 1.29 is 0 Å². The Balaban J connectivity index is 1.03. The molecule has 0 bridgehead atoms. The topological polar surface area (TPSA) is 77.3 Å². The first-order chi connectivity index (χ1) is 31.2. The van der Waals surface area contributed by atoms with Gasteiger partial charge in [0.15, 0.2) is 17.5 Å². The smallest absolute Gasteiger partial charge is 0.164 e. The van der Waals surface area contributed by atoms with Crippen LogP contribution in [0.25, 0.3) is 132 Å². The molecule has 13 aromatic rings. The van der Waals surface area contributed by atoms with Gasteiger partial charge in [-0.05, 0) is 90.6 Å². The summed E-state index contributed by atoms with van der Waals surface area (Å²) < 4.78 is 9.35. The number of pyridine rings is 1. The zero-order valence-electron chi connectivity index (χ0n) is 33.6. The maximum absolute atomic E-state index is 5.36. The van der Waals surface area contributed by atoms with Crippen molar-refractivity contribution in [2.75, 3.05) is 0 Å². The van der Waals surface area contributed by atoms with Crippen LogP contribution in [0, 0.1) is 0 Å². The summed E-state index contributed by atoms with van der Waals surface area (Å²) in [5.41, 5.74) is 9.53. The molecule has 0 atom stereocenters. The zero-order valence-corrected chi connectivity index (χ0v) is 34.4. The average molecular weight is 821 g/mol. The summed E-state index contributed by atoms with van der Waals surface area (Å²) in [6.45, 7) is 0. The predicted molar refractivity (Wildman–Crippen MR) is 261 cm³/mol. The number of fused-ring (bicyclic) bond motifs is 11. The number of nitrogens with zero attached hydrogens (tertiary/aromatic N) is 6. The minimum absolute atomic E-state index is 0.598. The Morgan fingerprint density at radius 3 is 1.52 bits per heavy atom. The second-order valence-corrected chi connectivity index (χ2v) is 16.5. The van der Waals surface area contributed by atoms with Gasteiger partial charge in [-0.1, -0.05) is 158 Å². The third-order valence-corrected chi connectivity index (χ3v) is 12.9. The van der Waals surface area contributed by atoms with E-state index in [4.69, 9.17) is 24.3 Å². The van der Waals surface area contributed by atoms with Crippen molar-refractivity contribution in [1.82, 2.24) is 28.7 Å². The lowest BCUT2D eigenvalue weighted by Crippen LogP contribution is -2.01. The molecule has 0 aliphatic carbocycles. The number of hydrogen-bond acceptors (Lipinski definition) is 7. The van der Waals surface area contributed by atoms with E-state index in [9.17, 15) is 0 Å². The van der Waals surface area contributed by atoms with Gasteiger partial charge in [-0.25, -0.2) is 19.9 Å². The average Bonchev–Trinajstić information content (AvgIpc) is 3.85. The van der Waals surface area contributed by atoms with Crippen molar-refractivity contribution in [2.45, 2.75) is 0 Å². The SMILES string of the molecule is c1ccc(-c2nc3cc(-c4cccc(-c5nc(-c6cc7ccccc7c7ccccc67)nc(-c6cc7ccccc7c7ccccc67)n5)c4)ccc3c3c2ccc2nsnc23)cc1. The van der Waals surface area contributed by atoms with Gasteiger partial charge in [0.2, 0.25) is 0 Å². The van der Waals surface area contributed by atoms with E-state index in [-0.39, 0.29) is 0 Å². The largest absolute Gasteiger partial charge is 0.247 e. The lowest BCUT2D eigenvalue weighted by Gasteiger charge is -2.14. The molecular formula is C56H32N6S. The summed E-state index contributed by atoms with van der Waals surface area (Å²) in [5, 5.41) is 12.3. The fourth-order valence-corrected chi connectivity index (χ4v) is 9.94. The number of aromatic nitrogens is 6. The molecule has 63 heavy (non-hydrogen) atoms. The van der Waals surface area contributed by atoms with Gasteiger partial charge >= 0.3 is 0 Å². The van der Waals surface area contributed by atoms with Crippen LogP contribution in [0.4, 0.5) is 0 Å². The minimum Gasteiger partial charge on any atom is -0.247 e. The van der Waals surface area contributed by atoms with Crippen LogP contribution in [-0.4, -0.2) is 28.7 Å². The van der Waals surface area contributed by atoms with Gasteiger partial charge in [-0.15, -0.1) is 0 Å². The van der Waals surface area contributed by atoms with Crippen LogP contribution in [0.15, 0.2) is 194 Å². The first kappa shape index (κ1) is 35.5. The molecule has 0 amide bonds. The molecule has 7 heteroatoms. The van der Waals surface area contributed by atoms with Gasteiger partial charge in [0.25, 0.3) is 0 Å². The molecular weight excluding hydrogens is 789 g/mol. The standard InChI is InChI=1S/C56H32N6S/c1-2-13-33(14-3-1)52-46-27-28-49-53(62-63-61-49)51(46)45-26-25-35(32-50(45)57-52)34-17-12-18-38(29-34)54-58-55(47-30-36-15-4-6-19-39(36)41-21-8-10-23-43(41)47)60-56(59-54)48-31-37-16-5-7-20-40(37)42-22-9-11-24-44(42)48/h1-32H. The summed E-state index contributed by atoms with van der Waals surface area (Å²) in [6, 6.07) is 68.2. The van der Waals surface area contributed by atoms with E-state index in [2.05, 4.69) is 186 Å². The maximum Gasteiger partial charge on any atom is 0.164 e. The van der Waals surface area contributed by atoms with Crippen molar-refractivity contribution in [3.05, 3.63) is 194 Å². The molecule has 3 aromatic heterocycles. The molecule has 10 aromatic carbocycles. The van der Waals surface area contributed by atoms with Crippen molar-refractivity contribution in [3.63, 3.8) is 0 Å². The molecule has 0 aliphatic rings. The lowest BCUT2D eigenvalue weighted by atomic mass is 9.95. The van der Waals surface area contributed by atoms with Crippen LogP contribution >= 0.6 is 11.7 Å². The van der Waals surface area contributed by atoms with Crippen molar-refractivity contribution in [2.24, 2.45) is 0 Å². The van der Waals surface area contributed by atoms with Gasteiger partial charge in [0, 0.05) is 38.4 Å². The first-order valence-electron chi connectivity index (χ1n) is 20.9. The summed E-state index contributed by atoms with van der Waals surface area (Å²) in [7, 11) is 0. The molecule has 292 valence electrons. The quantitative estimate of drug-likeness (QED) is 0.161. The molecule has 0 radical (unpaired) electrons. The second-order valence-electron chi connectivity index (χ2n) is 15.9. The monoisotopic (exact) mass is 820 g/mol. The summed E-state index contributed by atoms with van der Waals surface area (Å²) in [4.78, 5) is 21.4. The van der Waals surface area contributed by atoms with Gasteiger partial charge < -0.3 is 0 Å². The normalized spacial score (nSPS) is 11.8. The minimum atomic E-state index is 0.598. The van der Waals surface area contributed by atoms with Gasteiger partial charge in [-0.2, -0.15) is 8.75 Å². The van der Waals surface area contributed by atoms with Crippen LogP contribution < -0.4 is 0 Å². The van der Waals surface area contributed by atoms with Crippen molar-refractivity contribution in [3.8, 4) is 56.5 Å². The zero-order chi connectivity index (χ0) is 41.4. The Morgan fingerprint density at radius 1 is 0.302 bits per heavy atom. The van der Waals surface area contributed by atoms with E-state index in [1.807, 2.05) is 12.1 Å². The Morgan fingerprint density at radius 2 is 0.841 bits per heavy atom. The third kappa shape index (κ3) is 5.78.